The van der Waals surface area contributed by atoms with Gasteiger partial charge in [-0.05, 0) is 12.1 Å². The maximum atomic E-state index is 12.1. The van der Waals surface area contributed by atoms with Gasteiger partial charge in [-0.3, -0.25) is 9.98 Å². The molecule has 0 aliphatic carbocycles. The van der Waals surface area contributed by atoms with Crippen molar-refractivity contribution in [1.29, 1.82) is 0 Å². The Kier molecular flexibility index (Phi) is 8.58. The highest BCUT2D eigenvalue weighted by atomic mass is 127. The number of hydrogen-bond donors (Lipinski definition) is 2. The van der Waals surface area contributed by atoms with E-state index in [0.717, 1.165) is 0 Å². The van der Waals surface area contributed by atoms with E-state index in [2.05, 4.69) is 30.8 Å². The molecule has 0 aliphatic heterocycles. The lowest BCUT2D eigenvalue weighted by molar-refractivity contribution is -0.132. The van der Waals surface area contributed by atoms with Gasteiger partial charge in [0.2, 0.25) is 0 Å². The number of rotatable bonds is 6. The first kappa shape index (κ1) is 21.1. The minimum absolute atomic E-state index is 0. The molecule has 0 amide bonds. The van der Waals surface area contributed by atoms with Crippen LogP contribution in [-0.4, -0.2) is 47.4 Å². The highest BCUT2D eigenvalue weighted by molar-refractivity contribution is 14.0. The highest BCUT2D eigenvalue weighted by Gasteiger charge is 2.26. The van der Waals surface area contributed by atoms with Crippen LogP contribution >= 0.6 is 24.0 Å². The Morgan fingerprint density at radius 3 is 2.64 bits per heavy atom. The number of guanidine groups is 1. The fraction of sp³-hybridized carbons (Fsp3) is 0.429. The van der Waals surface area contributed by atoms with Gasteiger partial charge in [0, 0.05) is 32.8 Å². The van der Waals surface area contributed by atoms with Crippen molar-refractivity contribution in [1.82, 2.24) is 25.8 Å². The van der Waals surface area contributed by atoms with E-state index in [4.69, 9.17) is 4.52 Å². The molecule has 2 rings (SSSR count). The van der Waals surface area contributed by atoms with Crippen molar-refractivity contribution < 1.29 is 17.7 Å². The summed E-state index contributed by atoms with van der Waals surface area (Å²) in [7, 11) is 1.48. The van der Waals surface area contributed by atoms with E-state index in [9.17, 15) is 13.2 Å². The Morgan fingerprint density at radius 2 is 2.00 bits per heavy atom. The summed E-state index contributed by atoms with van der Waals surface area (Å²) in [5.74, 6) is 1.07. The van der Waals surface area contributed by atoms with Crippen molar-refractivity contribution in [2.75, 3.05) is 20.1 Å². The lowest BCUT2D eigenvalue weighted by Crippen LogP contribution is -2.39. The average molecular weight is 470 g/mol. The molecule has 2 N–H and O–H groups in total. The van der Waals surface area contributed by atoms with E-state index in [1.54, 1.807) is 18.3 Å². The second-order valence-electron chi connectivity index (χ2n) is 4.77. The van der Waals surface area contributed by atoms with Crippen LogP contribution in [0.15, 0.2) is 33.9 Å². The molecule has 138 valence electrons. The summed E-state index contributed by atoms with van der Waals surface area (Å²) in [5, 5.41) is 9.31. The van der Waals surface area contributed by atoms with Crippen LogP contribution < -0.4 is 10.6 Å². The molecule has 25 heavy (non-hydrogen) atoms. The van der Waals surface area contributed by atoms with Gasteiger partial charge in [-0.1, -0.05) is 11.2 Å². The van der Waals surface area contributed by atoms with Crippen LogP contribution in [0.3, 0.4) is 0 Å². The topological polar surface area (TPSA) is 88.2 Å². The van der Waals surface area contributed by atoms with E-state index in [1.807, 2.05) is 6.07 Å². The Morgan fingerprint density at radius 1 is 1.24 bits per heavy atom. The Hall–Kier alpha value is -1.92. The second kappa shape index (κ2) is 10.2. The second-order valence-corrected chi connectivity index (χ2v) is 4.77. The number of nitrogens with zero attached hydrogens (tertiary/aromatic N) is 4. The van der Waals surface area contributed by atoms with Gasteiger partial charge in [-0.25, -0.2) is 0 Å². The van der Waals surface area contributed by atoms with Crippen LogP contribution in [0.1, 0.15) is 12.2 Å². The molecule has 0 saturated heterocycles. The van der Waals surface area contributed by atoms with Crippen molar-refractivity contribution in [2.24, 2.45) is 4.99 Å². The minimum Gasteiger partial charge on any atom is -0.356 e. The van der Waals surface area contributed by atoms with Crippen molar-refractivity contribution in [3.63, 3.8) is 0 Å². The van der Waals surface area contributed by atoms with Crippen LogP contribution in [0.25, 0.3) is 11.6 Å². The number of halogens is 4. The van der Waals surface area contributed by atoms with Gasteiger partial charge in [-0.15, -0.1) is 24.0 Å². The third-order valence-corrected chi connectivity index (χ3v) is 2.92. The van der Waals surface area contributed by atoms with E-state index >= 15 is 0 Å². The summed E-state index contributed by atoms with van der Waals surface area (Å²) < 4.78 is 41.4. The summed E-state index contributed by atoms with van der Waals surface area (Å²) in [4.78, 5) is 12.2. The molecule has 0 bridgehead atoms. The normalized spacial score (nSPS) is 11.8. The fourth-order valence-corrected chi connectivity index (χ4v) is 1.78. The van der Waals surface area contributed by atoms with Crippen molar-refractivity contribution >= 4 is 29.9 Å². The molecule has 0 atom stereocenters. The van der Waals surface area contributed by atoms with Crippen LogP contribution in [-0.2, 0) is 6.42 Å². The number of alkyl halides is 3. The molecule has 0 aliphatic rings. The fourth-order valence-electron chi connectivity index (χ4n) is 1.78. The Labute approximate surface area is 159 Å². The van der Waals surface area contributed by atoms with Gasteiger partial charge in [0.05, 0.1) is 6.42 Å². The number of hydrogen-bond acceptors (Lipinski definition) is 5. The van der Waals surface area contributed by atoms with Gasteiger partial charge in [-0.2, -0.15) is 18.2 Å². The maximum Gasteiger partial charge on any atom is 0.390 e. The summed E-state index contributed by atoms with van der Waals surface area (Å²) >= 11 is 0. The smallest absolute Gasteiger partial charge is 0.356 e. The average Bonchev–Trinajstić information content (AvgIpc) is 3.02. The predicted octanol–water partition coefficient (Wildman–Crippen LogP) is 2.41. The van der Waals surface area contributed by atoms with Gasteiger partial charge in [0.15, 0.2) is 11.8 Å². The maximum absolute atomic E-state index is 12.1. The van der Waals surface area contributed by atoms with Gasteiger partial charge >= 0.3 is 6.18 Å². The number of aliphatic imine (C=N–C) groups is 1. The molecule has 2 heterocycles. The van der Waals surface area contributed by atoms with E-state index in [-0.39, 0.29) is 36.5 Å². The molecule has 0 radical (unpaired) electrons. The molecule has 0 unspecified atom stereocenters. The number of aromatic nitrogens is 3. The van der Waals surface area contributed by atoms with Crippen molar-refractivity contribution in [3.05, 3.63) is 30.2 Å². The molecule has 7 nitrogen and oxygen atoms in total. The third kappa shape index (κ3) is 7.67. The van der Waals surface area contributed by atoms with Crippen LogP contribution in [0.5, 0.6) is 0 Å². The van der Waals surface area contributed by atoms with E-state index < -0.39 is 12.6 Å². The zero-order valence-corrected chi connectivity index (χ0v) is 15.7. The summed E-state index contributed by atoms with van der Waals surface area (Å²) in [6.07, 6.45) is -3.07. The molecular formula is C14H18F3IN6O. The van der Waals surface area contributed by atoms with Gasteiger partial charge in [0.25, 0.3) is 5.89 Å². The SMILES string of the molecule is CN=C(NCCc1noc(-c2ccccn2)n1)NCCC(F)(F)F.I. The summed E-state index contributed by atoms with van der Waals surface area (Å²) in [6.45, 7) is 0.155. The highest BCUT2D eigenvalue weighted by Crippen LogP contribution is 2.18. The molecule has 2 aromatic rings. The lowest BCUT2D eigenvalue weighted by Gasteiger charge is -2.12. The minimum atomic E-state index is -4.20. The largest absolute Gasteiger partial charge is 0.390 e. The molecule has 0 saturated carbocycles. The van der Waals surface area contributed by atoms with Gasteiger partial charge in [0.1, 0.15) is 5.69 Å². The molecule has 0 spiro atoms. The molecular weight excluding hydrogens is 452 g/mol. The first-order valence-corrected chi connectivity index (χ1v) is 7.23. The van der Waals surface area contributed by atoms with E-state index in [1.165, 1.54) is 7.05 Å². The molecule has 2 aromatic heterocycles. The van der Waals surface area contributed by atoms with Crippen molar-refractivity contribution in [2.45, 2.75) is 19.0 Å². The molecule has 0 fully saturated rings. The van der Waals surface area contributed by atoms with Crippen LogP contribution in [0.4, 0.5) is 13.2 Å². The first-order chi connectivity index (χ1) is 11.5. The third-order valence-electron chi connectivity index (χ3n) is 2.92. The first-order valence-electron chi connectivity index (χ1n) is 7.23. The van der Waals surface area contributed by atoms with Crippen molar-refractivity contribution in [3.8, 4) is 11.6 Å². The summed E-state index contributed by atoms with van der Waals surface area (Å²) in [5.41, 5.74) is 0.578. The number of nitrogens with one attached hydrogen (secondary N) is 2. The lowest BCUT2D eigenvalue weighted by atomic mass is 10.3. The molecule has 11 heteroatoms. The zero-order chi connectivity index (χ0) is 17.4. The zero-order valence-electron chi connectivity index (χ0n) is 13.4. The standard InChI is InChI=1S/C14H17F3N6O.HI/c1-18-13(21-9-6-14(15,16)17)20-8-5-11-22-12(24-23-11)10-4-2-3-7-19-10;/h2-4,7H,5-6,8-9H2,1H3,(H2,18,20,21);1H. The quantitative estimate of drug-likeness (QED) is 0.383. The number of pyridine rings is 1. The Balaban J connectivity index is 0.00000312. The Bertz CT molecular complexity index is 662. The van der Waals surface area contributed by atoms with Gasteiger partial charge < -0.3 is 15.2 Å². The van der Waals surface area contributed by atoms with Crippen LogP contribution in [0, 0.1) is 0 Å². The predicted molar refractivity (Wildman–Crippen MR) is 96.7 cm³/mol. The monoisotopic (exact) mass is 470 g/mol. The summed E-state index contributed by atoms with van der Waals surface area (Å²) in [6, 6.07) is 5.34. The van der Waals surface area contributed by atoms with Crippen LogP contribution in [0.2, 0.25) is 0 Å². The molecule has 0 aromatic carbocycles. The van der Waals surface area contributed by atoms with E-state index in [0.29, 0.717) is 30.4 Å².